The Hall–Kier alpha value is -1.43. The van der Waals surface area contributed by atoms with Crippen LogP contribution in [0.3, 0.4) is 0 Å². The zero-order valence-electron chi connectivity index (χ0n) is 14.3. The largest absolute Gasteiger partial charge is 0.387 e. The molecular formula is C19H28N2O3. The fourth-order valence-electron chi connectivity index (χ4n) is 3.52. The van der Waals surface area contributed by atoms with Crippen molar-refractivity contribution in [3.05, 3.63) is 35.9 Å². The van der Waals surface area contributed by atoms with Gasteiger partial charge in [0.2, 0.25) is 5.91 Å². The van der Waals surface area contributed by atoms with E-state index in [1.54, 1.807) is 0 Å². The van der Waals surface area contributed by atoms with E-state index in [0.29, 0.717) is 13.0 Å². The maximum Gasteiger partial charge on any atom is 0.222 e. The van der Waals surface area contributed by atoms with Gasteiger partial charge in [-0.2, -0.15) is 0 Å². The first kappa shape index (κ1) is 17.4. The smallest absolute Gasteiger partial charge is 0.222 e. The zero-order chi connectivity index (χ0) is 16.8. The Kier molecular flexibility index (Phi) is 6.24. The molecule has 0 bridgehead atoms. The highest BCUT2D eigenvalue weighted by Gasteiger charge is 2.24. The number of benzene rings is 1. The molecule has 2 atom stereocenters. The molecule has 1 aromatic carbocycles. The predicted octanol–water partition coefficient (Wildman–Crippen LogP) is 1.82. The van der Waals surface area contributed by atoms with Crippen LogP contribution < -0.4 is 0 Å². The van der Waals surface area contributed by atoms with Gasteiger partial charge in [-0.3, -0.25) is 9.69 Å². The van der Waals surface area contributed by atoms with Crippen LogP contribution in [0.15, 0.2) is 30.3 Å². The van der Waals surface area contributed by atoms with E-state index in [1.807, 2.05) is 35.2 Å². The summed E-state index contributed by atoms with van der Waals surface area (Å²) in [4.78, 5) is 16.5. The molecule has 0 aromatic heterocycles. The Labute approximate surface area is 144 Å². The maximum atomic E-state index is 12.3. The number of nitrogens with zero attached hydrogens (tertiary/aromatic N) is 2. The third kappa shape index (κ3) is 4.79. The Morgan fingerprint density at radius 1 is 1.21 bits per heavy atom. The number of ether oxygens (including phenoxy) is 1. The van der Waals surface area contributed by atoms with Crippen molar-refractivity contribution < 1.29 is 14.6 Å². The van der Waals surface area contributed by atoms with Crippen molar-refractivity contribution in [1.82, 2.24) is 9.80 Å². The molecule has 2 heterocycles. The molecule has 5 heteroatoms. The van der Waals surface area contributed by atoms with Gasteiger partial charge in [0.1, 0.15) is 0 Å². The van der Waals surface area contributed by atoms with Gasteiger partial charge in [-0.1, -0.05) is 30.3 Å². The van der Waals surface area contributed by atoms with Crippen molar-refractivity contribution in [2.75, 3.05) is 39.3 Å². The lowest BCUT2D eigenvalue weighted by atomic mass is 10.1. The molecule has 24 heavy (non-hydrogen) atoms. The van der Waals surface area contributed by atoms with E-state index in [2.05, 4.69) is 4.90 Å². The van der Waals surface area contributed by atoms with Gasteiger partial charge in [0.25, 0.3) is 0 Å². The Bertz CT molecular complexity index is 509. The van der Waals surface area contributed by atoms with Crippen molar-refractivity contribution in [2.24, 2.45) is 0 Å². The van der Waals surface area contributed by atoms with Crippen molar-refractivity contribution in [3.63, 3.8) is 0 Å². The number of aliphatic hydroxyl groups excluding tert-OH is 1. The molecular weight excluding hydrogens is 304 g/mol. The van der Waals surface area contributed by atoms with Crippen molar-refractivity contribution >= 4 is 5.91 Å². The second kappa shape index (κ2) is 8.60. The molecule has 0 unspecified atom stereocenters. The van der Waals surface area contributed by atoms with E-state index in [9.17, 15) is 9.90 Å². The second-order valence-corrected chi connectivity index (χ2v) is 6.78. The number of β-amino-alcohol motifs (C(OH)–C–C–N with tert-alkyl or cyclic N) is 1. The SMILES string of the molecule is O=C(CC[C@H]1CCCO1)N1CCN(C[C@H](O)c2ccccc2)CC1. The quantitative estimate of drug-likeness (QED) is 0.863. The highest BCUT2D eigenvalue weighted by atomic mass is 16.5. The van der Waals surface area contributed by atoms with Crippen LogP contribution in [-0.2, 0) is 9.53 Å². The highest BCUT2D eigenvalue weighted by molar-refractivity contribution is 5.76. The molecule has 0 radical (unpaired) electrons. The zero-order valence-corrected chi connectivity index (χ0v) is 14.3. The van der Waals surface area contributed by atoms with E-state index in [0.717, 1.165) is 57.6 Å². The van der Waals surface area contributed by atoms with Gasteiger partial charge >= 0.3 is 0 Å². The van der Waals surface area contributed by atoms with E-state index in [-0.39, 0.29) is 12.0 Å². The molecule has 5 nitrogen and oxygen atoms in total. The minimum Gasteiger partial charge on any atom is -0.387 e. The molecule has 2 fully saturated rings. The number of hydrogen-bond acceptors (Lipinski definition) is 4. The number of aliphatic hydroxyl groups is 1. The summed E-state index contributed by atoms with van der Waals surface area (Å²) in [5.74, 6) is 0.244. The molecule has 2 saturated heterocycles. The third-order valence-corrected chi connectivity index (χ3v) is 5.04. The molecule has 2 aliphatic rings. The first-order valence-electron chi connectivity index (χ1n) is 9.07. The summed E-state index contributed by atoms with van der Waals surface area (Å²) in [6, 6.07) is 9.76. The third-order valence-electron chi connectivity index (χ3n) is 5.04. The Morgan fingerprint density at radius 2 is 1.96 bits per heavy atom. The molecule has 0 spiro atoms. The van der Waals surface area contributed by atoms with Crippen LogP contribution in [0.4, 0.5) is 0 Å². The van der Waals surface area contributed by atoms with Gasteiger partial charge in [-0.05, 0) is 24.8 Å². The number of carbonyl (C=O) groups excluding carboxylic acids is 1. The number of carbonyl (C=O) groups is 1. The summed E-state index contributed by atoms with van der Waals surface area (Å²) in [6.07, 6.45) is 3.49. The Morgan fingerprint density at radius 3 is 2.62 bits per heavy atom. The lowest BCUT2D eigenvalue weighted by molar-refractivity contribution is -0.133. The summed E-state index contributed by atoms with van der Waals surface area (Å²) in [6.45, 7) is 4.64. The second-order valence-electron chi connectivity index (χ2n) is 6.78. The Balaban J connectivity index is 1.38. The van der Waals surface area contributed by atoms with Crippen molar-refractivity contribution in [1.29, 1.82) is 0 Å². The maximum absolute atomic E-state index is 12.3. The van der Waals surface area contributed by atoms with Crippen molar-refractivity contribution in [2.45, 2.75) is 37.9 Å². The van der Waals surface area contributed by atoms with Crippen LogP contribution in [-0.4, -0.2) is 66.2 Å². The van der Waals surface area contributed by atoms with Crippen LogP contribution in [0.2, 0.25) is 0 Å². The number of amides is 1. The topological polar surface area (TPSA) is 53.0 Å². The van der Waals surface area contributed by atoms with Crippen LogP contribution in [0, 0.1) is 0 Å². The van der Waals surface area contributed by atoms with Gasteiger partial charge in [0.15, 0.2) is 0 Å². The van der Waals surface area contributed by atoms with Crippen LogP contribution in [0.25, 0.3) is 0 Å². The molecule has 1 amide bonds. The highest BCUT2D eigenvalue weighted by Crippen LogP contribution is 2.18. The average molecular weight is 332 g/mol. The van der Waals surface area contributed by atoms with E-state index >= 15 is 0 Å². The molecule has 0 aliphatic carbocycles. The van der Waals surface area contributed by atoms with E-state index < -0.39 is 6.10 Å². The molecule has 3 rings (SSSR count). The monoisotopic (exact) mass is 332 g/mol. The van der Waals surface area contributed by atoms with Gasteiger partial charge < -0.3 is 14.7 Å². The number of rotatable bonds is 6. The normalized spacial score (nSPS) is 23.4. The lowest BCUT2D eigenvalue weighted by Crippen LogP contribution is -2.49. The van der Waals surface area contributed by atoms with Crippen LogP contribution >= 0.6 is 0 Å². The number of hydrogen-bond donors (Lipinski definition) is 1. The van der Waals surface area contributed by atoms with Crippen LogP contribution in [0.1, 0.15) is 37.4 Å². The predicted molar refractivity (Wildman–Crippen MR) is 92.6 cm³/mol. The first-order chi connectivity index (χ1) is 11.7. The summed E-state index contributed by atoms with van der Waals surface area (Å²) < 4.78 is 5.59. The fraction of sp³-hybridized carbons (Fsp3) is 0.632. The van der Waals surface area contributed by atoms with Gasteiger partial charge in [-0.15, -0.1) is 0 Å². The molecule has 1 aromatic rings. The molecule has 2 aliphatic heterocycles. The number of piperazine rings is 1. The van der Waals surface area contributed by atoms with Gasteiger partial charge in [-0.25, -0.2) is 0 Å². The van der Waals surface area contributed by atoms with E-state index in [4.69, 9.17) is 4.74 Å². The lowest BCUT2D eigenvalue weighted by Gasteiger charge is -2.35. The standard InChI is InChI=1S/C19H28N2O3/c22-18(16-5-2-1-3-6-16)15-20-10-12-21(13-11-20)19(23)9-8-17-7-4-14-24-17/h1-3,5-6,17-18,22H,4,7-15H2/t17-,18+/m1/s1. The minimum absolute atomic E-state index is 0.244. The average Bonchev–Trinajstić information content (AvgIpc) is 3.14. The first-order valence-corrected chi connectivity index (χ1v) is 9.07. The van der Waals surface area contributed by atoms with Crippen LogP contribution in [0.5, 0.6) is 0 Å². The minimum atomic E-state index is -0.465. The van der Waals surface area contributed by atoms with E-state index in [1.165, 1.54) is 0 Å². The summed E-state index contributed by atoms with van der Waals surface area (Å²) in [5.41, 5.74) is 0.951. The van der Waals surface area contributed by atoms with Gasteiger partial charge in [0.05, 0.1) is 12.2 Å². The fourth-order valence-corrected chi connectivity index (χ4v) is 3.52. The summed E-state index contributed by atoms with van der Waals surface area (Å²) in [7, 11) is 0. The molecule has 0 saturated carbocycles. The molecule has 132 valence electrons. The van der Waals surface area contributed by atoms with Crippen molar-refractivity contribution in [3.8, 4) is 0 Å². The summed E-state index contributed by atoms with van der Waals surface area (Å²) >= 11 is 0. The van der Waals surface area contributed by atoms with Gasteiger partial charge in [0, 0.05) is 45.8 Å². The summed E-state index contributed by atoms with van der Waals surface area (Å²) in [5, 5.41) is 10.3. The molecule has 1 N–H and O–H groups in total.